The van der Waals surface area contributed by atoms with Gasteiger partial charge < -0.3 is 4.43 Å². The quantitative estimate of drug-likeness (QED) is 0.339. The average Bonchev–Trinajstić information content (AvgIpc) is 2.47. The fraction of sp³-hybridized carbons (Fsp3) is 0.538. The van der Waals surface area contributed by atoms with Crippen molar-refractivity contribution in [2.24, 2.45) is 0 Å². The second-order valence-corrected chi connectivity index (χ2v) is 5.05. The highest BCUT2D eigenvalue weighted by Gasteiger charge is 2.29. The van der Waals surface area contributed by atoms with Crippen LogP contribution in [0.2, 0.25) is 0 Å². The zero-order valence-electron chi connectivity index (χ0n) is 11.6. The summed E-state index contributed by atoms with van der Waals surface area (Å²) in [6.45, 7) is 3.72. The molecule has 0 aliphatic heterocycles. The molecule has 0 N–H and O–H groups in total. The van der Waals surface area contributed by atoms with Gasteiger partial charge in [0.1, 0.15) is 10.5 Å². The van der Waals surface area contributed by atoms with E-state index in [1.807, 2.05) is 13.8 Å². The van der Waals surface area contributed by atoms with Crippen molar-refractivity contribution in [1.82, 2.24) is 0 Å². The maximum Gasteiger partial charge on any atom is 0.200 e. The van der Waals surface area contributed by atoms with E-state index in [1.165, 1.54) is 0 Å². The largest absolute Gasteiger partial charge is 0.422 e. The predicted octanol–water partition coefficient (Wildman–Crippen LogP) is 3.17. The molecule has 0 heterocycles. The molecule has 0 aromatic heterocycles. The number of benzene rings is 1. The van der Waals surface area contributed by atoms with Crippen LogP contribution < -0.4 is 0 Å². The summed E-state index contributed by atoms with van der Waals surface area (Å²) in [6.07, 6.45) is 1.18. The third-order valence-corrected chi connectivity index (χ3v) is 4.72. The standard InChI is InChI=1S/C13H17F5OSi/c1-3-13(4-2,19-20)6-5-7-8(14)10(16)12(18)11(17)9(7)15/h3-6H2,1-2,20H3. The SMILES string of the molecule is CCC(CC)(CCc1c(F)c(F)c(F)c(F)c1F)O[SiH3]. The predicted molar refractivity (Wildman–Crippen MR) is 68.9 cm³/mol. The Morgan fingerprint density at radius 3 is 1.60 bits per heavy atom. The van der Waals surface area contributed by atoms with Gasteiger partial charge in [0, 0.05) is 5.56 Å². The fourth-order valence-electron chi connectivity index (χ4n) is 2.22. The van der Waals surface area contributed by atoms with Crippen LogP contribution in [-0.2, 0) is 10.8 Å². The maximum atomic E-state index is 13.5. The summed E-state index contributed by atoms with van der Waals surface area (Å²) in [7, 11) is 0.438. The molecular formula is C13H17F5OSi. The van der Waals surface area contributed by atoms with Gasteiger partial charge in [-0.2, -0.15) is 0 Å². The van der Waals surface area contributed by atoms with Gasteiger partial charge in [0.2, 0.25) is 5.82 Å². The molecule has 0 spiro atoms. The molecule has 0 unspecified atom stereocenters. The molecule has 0 fully saturated rings. The molecule has 0 aliphatic carbocycles. The van der Waals surface area contributed by atoms with Gasteiger partial charge >= 0.3 is 0 Å². The average molecular weight is 312 g/mol. The molecule has 0 atom stereocenters. The second kappa shape index (κ2) is 6.67. The van der Waals surface area contributed by atoms with Crippen LogP contribution in [-0.4, -0.2) is 16.1 Å². The Balaban J connectivity index is 3.11. The smallest absolute Gasteiger partial charge is 0.200 e. The lowest BCUT2D eigenvalue weighted by molar-refractivity contribution is 0.0610. The van der Waals surface area contributed by atoms with Gasteiger partial charge in [0.05, 0.1) is 5.60 Å². The van der Waals surface area contributed by atoms with E-state index < -0.39 is 40.3 Å². The van der Waals surface area contributed by atoms with Gasteiger partial charge in [0.15, 0.2) is 23.3 Å². The zero-order valence-corrected chi connectivity index (χ0v) is 13.6. The monoisotopic (exact) mass is 312 g/mol. The van der Waals surface area contributed by atoms with Crippen molar-refractivity contribution in [3.8, 4) is 0 Å². The molecule has 0 saturated heterocycles. The van der Waals surface area contributed by atoms with E-state index in [4.69, 9.17) is 4.43 Å². The lowest BCUT2D eigenvalue weighted by Crippen LogP contribution is -2.31. The van der Waals surface area contributed by atoms with E-state index >= 15 is 0 Å². The summed E-state index contributed by atoms with van der Waals surface area (Å²) in [5.41, 5.74) is -1.33. The van der Waals surface area contributed by atoms with Crippen molar-refractivity contribution < 1.29 is 26.4 Å². The minimum Gasteiger partial charge on any atom is -0.422 e. The first kappa shape index (κ1) is 17.1. The van der Waals surface area contributed by atoms with Crippen LogP contribution in [0, 0.1) is 29.1 Å². The van der Waals surface area contributed by atoms with Crippen LogP contribution in [0.4, 0.5) is 22.0 Å². The second-order valence-electron chi connectivity index (χ2n) is 4.64. The van der Waals surface area contributed by atoms with Crippen LogP contribution in [0.25, 0.3) is 0 Å². The van der Waals surface area contributed by atoms with Gasteiger partial charge in [-0.25, -0.2) is 22.0 Å². The maximum absolute atomic E-state index is 13.5. The third kappa shape index (κ3) is 3.03. The summed E-state index contributed by atoms with van der Waals surface area (Å²) in [4.78, 5) is 0. The van der Waals surface area contributed by atoms with E-state index in [0.29, 0.717) is 23.3 Å². The lowest BCUT2D eigenvalue weighted by Gasteiger charge is -2.31. The van der Waals surface area contributed by atoms with Crippen molar-refractivity contribution in [3.05, 3.63) is 34.6 Å². The Bertz CT molecular complexity index is 451. The topological polar surface area (TPSA) is 9.23 Å². The fourth-order valence-corrected chi connectivity index (χ4v) is 3.00. The summed E-state index contributed by atoms with van der Waals surface area (Å²) in [5.74, 6) is -9.43. The number of hydrogen-bond acceptors (Lipinski definition) is 1. The van der Waals surface area contributed by atoms with Gasteiger partial charge in [-0.1, -0.05) is 13.8 Å². The number of hydrogen-bond donors (Lipinski definition) is 0. The van der Waals surface area contributed by atoms with Gasteiger partial charge in [-0.15, -0.1) is 0 Å². The van der Waals surface area contributed by atoms with Crippen LogP contribution in [0.5, 0.6) is 0 Å². The third-order valence-electron chi connectivity index (χ3n) is 3.85. The van der Waals surface area contributed by atoms with Gasteiger partial charge in [-0.3, -0.25) is 0 Å². The highest BCUT2D eigenvalue weighted by Crippen LogP contribution is 2.29. The van der Waals surface area contributed by atoms with Crippen LogP contribution >= 0.6 is 0 Å². The van der Waals surface area contributed by atoms with Crippen LogP contribution in [0.3, 0.4) is 0 Å². The molecule has 7 heteroatoms. The van der Waals surface area contributed by atoms with E-state index in [2.05, 4.69) is 0 Å². The van der Waals surface area contributed by atoms with E-state index in [-0.39, 0.29) is 12.8 Å². The molecule has 0 aliphatic rings. The zero-order chi connectivity index (χ0) is 15.5. The minimum atomic E-state index is -2.12. The van der Waals surface area contributed by atoms with Gasteiger partial charge in [-0.05, 0) is 25.7 Å². The lowest BCUT2D eigenvalue weighted by atomic mass is 9.89. The molecule has 114 valence electrons. The molecule has 0 saturated carbocycles. The van der Waals surface area contributed by atoms with Crippen molar-refractivity contribution >= 4 is 10.5 Å². The van der Waals surface area contributed by atoms with Crippen molar-refractivity contribution in [2.45, 2.75) is 45.1 Å². The van der Waals surface area contributed by atoms with E-state index in [1.54, 1.807) is 0 Å². The summed E-state index contributed by atoms with van der Waals surface area (Å²) in [6, 6.07) is 0. The first-order valence-corrected chi connectivity index (χ1v) is 7.20. The van der Waals surface area contributed by atoms with Crippen LogP contribution in [0.15, 0.2) is 0 Å². The minimum absolute atomic E-state index is 0.210. The molecule has 1 aromatic rings. The molecule has 20 heavy (non-hydrogen) atoms. The molecule has 0 radical (unpaired) electrons. The van der Waals surface area contributed by atoms with Crippen molar-refractivity contribution in [3.63, 3.8) is 0 Å². The molecule has 1 rings (SSSR count). The Hall–Kier alpha value is -0.953. The number of rotatable bonds is 6. The summed E-state index contributed by atoms with van der Waals surface area (Å²) < 4.78 is 71.6. The van der Waals surface area contributed by atoms with Crippen molar-refractivity contribution in [1.29, 1.82) is 0 Å². The number of halogens is 5. The summed E-state index contributed by atoms with van der Waals surface area (Å²) in [5, 5.41) is 0. The summed E-state index contributed by atoms with van der Waals surface area (Å²) >= 11 is 0. The van der Waals surface area contributed by atoms with E-state index in [0.717, 1.165) is 0 Å². The normalized spacial score (nSPS) is 12.2. The Morgan fingerprint density at radius 1 is 0.850 bits per heavy atom. The molecule has 0 bridgehead atoms. The molecular weight excluding hydrogens is 295 g/mol. The Morgan fingerprint density at radius 2 is 1.25 bits per heavy atom. The van der Waals surface area contributed by atoms with E-state index in [9.17, 15) is 22.0 Å². The van der Waals surface area contributed by atoms with Gasteiger partial charge in [0.25, 0.3) is 0 Å². The first-order valence-electron chi connectivity index (χ1n) is 6.39. The highest BCUT2D eigenvalue weighted by molar-refractivity contribution is 5.98. The van der Waals surface area contributed by atoms with Crippen molar-refractivity contribution in [2.75, 3.05) is 0 Å². The Labute approximate surface area is 117 Å². The highest BCUT2D eigenvalue weighted by atomic mass is 28.2. The molecule has 0 amide bonds. The molecule has 1 nitrogen and oxygen atoms in total. The van der Waals surface area contributed by atoms with Crippen LogP contribution in [0.1, 0.15) is 38.7 Å². The Kier molecular flexibility index (Phi) is 5.70. The molecule has 1 aromatic carbocycles. The first-order chi connectivity index (χ1) is 9.33.